The Hall–Kier alpha value is -2.29. The van der Waals surface area contributed by atoms with Crippen LogP contribution < -0.4 is 10.2 Å². The minimum atomic E-state index is -4.71. The predicted octanol–water partition coefficient (Wildman–Crippen LogP) is 14.9. The molecule has 9 nitrogen and oxygen atoms in total. The SMILES string of the molecule is CCCCCCCC/C=C\C/C=C/CCC(=O)NC(COP(=O)([O-])OCC[N+](C)(C)C)C(/C=C/CCCCCCCCCCCCC)OC(=O)CC/C=C/C/C=C\CCCCCCCC. The van der Waals surface area contributed by atoms with E-state index in [1.807, 2.05) is 39.4 Å². The summed E-state index contributed by atoms with van der Waals surface area (Å²) in [6.45, 7) is 6.72. The van der Waals surface area contributed by atoms with Gasteiger partial charge in [0.1, 0.15) is 19.3 Å². The number of likely N-dealkylation sites (N-methyl/N-ethyl adjacent to an activating group) is 1. The number of nitrogens with one attached hydrogen (secondary N) is 1. The molecule has 0 aliphatic carbocycles. The number of rotatable bonds is 47. The third-order valence-corrected chi connectivity index (χ3v) is 12.4. The molecule has 0 rings (SSSR count). The Kier molecular flexibility index (Phi) is 43.9. The van der Waals surface area contributed by atoms with Gasteiger partial charge < -0.3 is 28.5 Å². The van der Waals surface area contributed by atoms with E-state index in [9.17, 15) is 19.0 Å². The molecule has 0 spiro atoms. The molecule has 3 atom stereocenters. The van der Waals surface area contributed by atoms with Crippen molar-refractivity contribution in [2.75, 3.05) is 40.9 Å². The Labute approximate surface area is 401 Å². The lowest BCUT2D eigenvalue weighted by atomic mass is 10.0. The van der Waals surface area contributed by atoms with Gasteiger partial charge >= 0.3 is 5.97 Å². The number of unbranched alkanes of at least 4 members (excludes halogenated alkanes) is 23. The van der Waals surface area contributed by atoms with E-state index in [-0.39, 0.29) is 25.4 Å². The monoisotopic (exact) mass is 933 g/mol. The van der Waals surface area contributed by atoms with Crippen LogP contribution >= 0.6 is 7.82 Å². The number of amides is 1. The summed E-state index contributed by atoms with van der Waals surface area (Å²) in [7, 11) is 1.12. The first-order valence-corrected chi connectivity index (χ1v) is 28.1. The van der Waals surface area contributed by atoms with Crippen LogP contribution in [0.2, 0.25) is 0 Å². The maximum atomic E-state index is 13.4. The zero-order valence-corrected chi connectivity index (χ0v) is 43.8. The minimum absolute atomic E-state index is 0.0401. The maximum Gasteiger partial charge on any atom is 0.306 e. The van der Waals surface area contributed by atoms with Gasteiger partial charge in [-0.05, 0) is 70.3 Å². The molecule has 65 heavy (non-hydrogen) atoms. The number of carbonyl (C=O) groups excluding carboxylic acids is 2. The third kappa shape index (κ3) is 46.6. The second-order valence-electron chi connectivity index (χ2n) is 19.0. The van der Waals surface area contributed by atoms with Gasteiger partial charge in [-0.25, -0.2) is 0 Å². The molecule has 0 saturated heterocycles. The van der Waals surface area contributed by atoms with Crippen molar-refractivity contribution in [2.24, 2.45) is 0 Å². The van der Waals surface area contributed by atoms with Crippen LogP contribution in [0.3, 0.4) is 0 Å². The molecule has 3 unspecified atom stereocenters. The zero-order chi connectivity index (χ0) is 48.0. The maximum absolute atomic E-state index is 13.4. The molecule has 1 amide bonds. The molecule has 1 N–H and O–H groups in total. The van der Waals surface area contributed by atoms with Crippen molar-refractivity contribution in [3.05, 3.63) is 60.8 Å². The smallest absolute Gasteiger partial charge is 0.306 e. The lowest BCUT2D eigenvalue weighted by Crippen LogP contribution is -2.47. The molecule has 0 heterocycles. The van der Waals surface area contributed by atoms with E-state index in [2.05, 4.69) is 62.5 Å². The summed E-state index contributed by atoms with van der Waals surface area (Å²) in [5.41, 5.74) is 0. The Bertz CT molecular complexity index is 1300. The highest BCUT2D eigenvalue weighted by molar-refractivity contribution is 7.45. The van der Waals surface area contributed by atoms with Crippen molar-refractivity contribution in [1.82, 2.24) is 5.32 Å². The average molecular weight is 933 g/mol. The van der Waals surface area contributed by atoms with Crippen LogP contribution in [0, 0.1) is 0 Å². The van der Waals surface area contributed by atoms with Gasteiger partial charge in [-0.2, -0.15) is 0 Å². The van der Waals surface area contributed by atoms with E-state index in [4.69, 9.17) is 13.8 Å². The summed E-state index contributed by atoms with van der Waals surface area (Å²) in [5, 5.41) is 2.95. The molecule has 0 aromatic carbocycles. The summed E-state index contributed by atoms with van der Waals surface area (Å²) in [5.74, 6) is -0.699. The Morgan fingerprint density at radius 3 is 1.38 bits per heavy atom. The summed E-state index contributed by atoms with van der Waals surface area (Å²) in [6.07, 6.45) is 55.0. The number of allylic oxidation sites excluding steroid dienone is 9. The van der Waals surface area contributed by atoms with Gasteiger partial charge in [0.25, 0.3) is 7.82 Å². The van der Waals surface area contributed by atoms with Crippen molar-refractivity contribution < 1.29 is 37.3 Å². The second kappa shape index (κ2) is 45.5. The van der Waals surface area contributed by atoms with Gasteiger partial charge in [-0.15, -0.1) is 0 Å². The lowest BCUT2D eigenvalue weighted by molar-refractivity contribution is -0.870. The number of carbonyl (C=O) groups is 2. The van der Waals surface area contributed by atoms with E-state index >= 15 is 0 Å². The number of ether oxygens (including phenoxy) is 1. The fourth-order valence-corrected chi connectivity index (χ4v) is 7.99. The average Bonchev–Trinajstić information content (AvgIpc) is 3.26. The van der Waals surface area contributed by atoms with E-state index in [1.165, 1.54) is 135 Å². The van der Waals surface area contributed by atoms with Crippen LogP contribution in [0.1, 0.15) is 226 Å². The Morgan fingerprint density at radius 1 is 0.538 bits per heavy atom. The third-order valence-electron chi connectivity index (χ3n) is 11.4. The first-order chi connectivity index (χ1) is 31.4. The molecule has 0 aromatic heterocycles. The molecule has 0 bridgehead atoms. The van der Waals surface area contributed by atoms with E-state index in [1.54, 1.807) is 6.08 Å². The van der Waals surface area contributed by atoms with Crippen LogP contribution in [0.5, 0.6) is 0 Å². The molecule has 0 aromatic rings. The number of quaternary nitrogens is 1. The Balaban J connectivity index is 5.60. The van der Waals surface area contributed by atoms with Crippen LogP contribution in [0.15, 0.2) is 60.8 Å². The fourth-order valence-electron chi connectivity index (χ4n) is 7.27. The van der Waals surface area contributed by atoms with Crippen LogP contribution in [-0.4, -0.2) is 69.4 Å². The molecule has 0 fully saturated rings. The number of esters is 1. The van der Waals surface area contributed by atoms with E-state index in [0.29, 0.717) is 23.9 Å². The highest BCUT2D eigenvalue weighted by Gasteiger charge is 2.27. The molecule has 0 radical (unpaired) electrons. The topological polar surface area (TPSA) is 114 Å². The number of phosphoric ester groups is 1. The van der Waals surface area contributed by atoms with Gasteiger partial charge in [0, 0.05) is 12.8 Å². The summed E-state index contributed by atoms with van der Waals surface area (Å²) in [4.78, 5) is 39.6. The summed E-state index contributed by atoms with van der Waals surface area (Å²) >= 11 is 0. The van der Waals surface area contributed by atoms with Crippen LogP contribution in [0.25, 0.3) is 0 Å². The predicted molar refractivity (Wildman–Crippen MR) is 275 cm³/mol. The first-order valence-electron chi connectivity index (χ1n) is 26.6. The van der Waals surface area contributed by atoms with Gasteiger partial charge in [0.2, 0.25) is 5.91 Å². The number of phosphoric acid groups is 1. The second-order valence-corrected chi connectivity index (χ2v) is 20.4. The normalized spacial score (nSPS) is 14.4. The number of hydrogen-bond acceptors (Lipinski definition) is 7. The molecule has 0 aliphatic heterocycles. The van der Waals surface area contributed by atoms with Crippen molar-refractivity contribution in [3.63, 3.8) is 0 Å². The molecule has 10 heteroatoms. The highest BCUT2D eigenvalue weighted by atomic mass is 31.2. The van der Waals surface area contributed by atoms with Gasteiger partial charge in [-0.3, -0.25) is 14.2 Å². The van der Waals surface area contributed by atoms with Gasteiger partial charge in [0.05, 0.1) is 33.8 Å². The standard InChI is InChI=1S/C55H101N2O7P/c1-7-10-13-16-19-22-25-28-31-34-37-40-43-46-53(64-55(59)48-45-42-39-36-33-30-27-24-21-18-15-12-9-3)52(51-63-65(60,61)62-50-49-57(4,5)6)56-54(58)47-44-41-38-35-32-29-26-23-20-17-14-11-8-2/h29-30,32-33,38-39,41-43,46,52-53H,7-28,31,34-37,40,44-45,47-51H2,1-6H3,(H-,56,58,60,61)/b32-29-,33-30-,41-38+,42-39+,46-43+. The number of hydrogen-bond donors (Lipinski definition) is 1. The molecular weight excluding hydrogens is 832 g/mol. The van der Waals surface area contributed by atoms with Crippen LogP contribution in [0.4, 0.5) is 0 Å². The number of nitrogens with zero attached hydrogens (tertiary/aromatic N) is 1. The first kappa shape index (κ1) is 62.7. The van der Waals surface area contributed by atoms with Crippen LogP contribution in [-0.2, 0) is 27.9 Å². The van der Waals surface area contributed by atoms with Crippen molar-refractivity contribution >= 4 is 19.7 Å². The summed E-state index contributed by atoms with van der Waals surface area (Å²) < 4.78 is 30.0. The Morgan fingerprint density at radius 2 is 0.938 bits per heavy atom. The molecule has 378 valence electrons. The fraction of sp³-hybridized carbons (Fsp3) is 0.782. The lowest BCUT2D eigenvalue weighted by Gasteiger charge is -2.30. The molecule has 0 aliphatic rings. The van der Waals surface area contributed by atoms with Gasteiger partial charge in [-0.1, -0.05) is 204 Å². The van der Waals surface area contributed by atoms with Gasteiger partial charge in [0.15, 0.2) is 0 Å². The largest absolute Gasteiger partial charge is 0.756 e. The molecule has 0 saturated carbocycles. The molecular formula is C55H101N2O7P. The van der Waals surface area contributed by atoms with Crippen molar-refractivity contribution in [1.29, 1.82) is 0 Å². The van der Waals surface area contributed by atoms with E-state index < -0.39 is 32.5 Å². The van der Waals surface area contributed by atoms with E-state index in [0.717, 1.165) is 44.9 Å². The zero-order valence-electron chi connectivity index (χ0n) is 42.9. The van der Waals surface area contributed by atoms with Crippen molar-refractivity contribution in [3.8, 4) is 0 Å². The highest BCUT2D eigenvalue weighted by Crippen LogP contribution is 2.38. The summed E-state index contributed by atoms with van der Waals surface area (Å²) in [6, 6.07) is -0.939. The quantitative estimate of drug-likeness (QED) is 0.0212. The minimum Gasteiger partial charge on any atom is -0.756 e. The van der Waals surface area contributed by atoms with Crippen molar-refractivity contribution in [2.45, 2.75) is 238 Å².